The predicted octanol–water partition coefficient (Wildman–Crippen LogP) is 2.61. The summed E-state index contributed by atoms with van der Waals surface area (Å²) in [5.74, 6) is 1.16. The van der Waals surface area contributed by atoms with Gasteiger partial charge in [0.25, 0.3) is 0 Å². The Morgan fingerprint density at radius 1 is 1.31 bits per heavy atom. The maximum atomic E-state index is 4.59. The summed E-state index contributed by atoms with van der Waals surface area (Å²) in [5, 5.41) is 0. The normalized spacial score (nSPS) is 19.2. The highest BCUT2D eigenvalue weighted by molar-refractivity contribution is 5.75. The van der Waals surface area contributed by atoms with Crippen LogP contribution in [-0.4, -0.2) is 9.97 Å². The molecule has 2 aromatic rings. The Labute approximate surface area is 77.0 Å². The molecule has 0 bridgehead atoms. The Hall–Kier alpha value is -1.31. The number of rotatable bonds is 1. The Kier molecular flexibility index (Phi) is 1.17. The number of para-hydroxylation sites is 2. The van der Waals surface area contributed by atoms with E-state index in [0.29, 0.717) is 5.41 Å². The van der Waals surface area contributed by atoms with Crippen LogP contribution in [0.2, 0.25) is 0 Å². The van der Waals surface area contributed by atoms with Crippen molar-refractivity contribution in [3.63, 3.8) is 0 Å². The van der Waals surface area contributed by atoms with Crippen molar-refractivity contribution < 1.29 is 0 Å². The molecule has 1 heterocycles. The highest BCUT2D eigenvalue weighted by Gasteiger charge is 2.41. The van der Waals surface area contributed by atoms with Gasteiger partial charge in [-0.15, -0.1) is 0 Å². The van der Waals surface area contributed by atoms with E-state index in [0.717, 1.165) is 16.9 Å². The first-order valence-corrected chi connectivity index (χ1v) is 4.73. The van der Waals surface area contributed by atoms with E-state index < -0.39 is 0 Å². The highest BCUT2D eigenvalue weighted by atomic mass is 15.0. The van der Waals surface area contributed by atoms with Gasteiger partial charge in [0, 0.05) is 5.41 Å². The summed E-state index contributed by atoms with van der Waals surface area (Å²) in [7, 11) is 0. The molecule has 1 fully saturated rings. The predicted molar refractivity (Wildman–Crippen MR) is 52.7 cm³/mol. The number of imidazole rings is 1. The van der Waals surface area contributed by atoms with E-state index in [-0.39, 0.29) is 0 Å². The summed E-state index contributed by atoms with van der Waals surface area (Å²) in [6, 6.07) is 8.21. The number of nitrogens with zero attached hydrogens (tertiary/aromatic N) is 1. The molecule has 0 amide bonds. The number of hydrogen-bond acceptors (Lipinski definition) is 1. The molecule has 1 aliphatic carbocycles. The van der Waals surface area contributed by atoms with E-state index in [1.807, 2.05) is 12.1 Å². The SMILES string of the molecule is CC1(c2nc3ccccc3[nH]2)CC1. The topological polar surface area (TPSA) is 28.7 Å². The first kappa shape index (κ1) is 7.13. The van der Waals surface area contributed by atoms with Gasteiger partial charge in [0.15, 0.2) is 0 Å². The molecule has 0 unspecified atom stereocenters. The minimum Gasteiger partial charge on any atom is -0.342 e. The zero-order valence-corrected chi connectivity index (χ0v) is 7.67. The number of hydrogen-bond donors (Lipinski definition) is 1. The van der Waals surface area contributed by atoms with Crippen LogP contribution in [0.1, 0.15) is 25.6 Å². The lowest BCUT2D eigenvalue weighted by Gasteiger charge is -2.00. The molecule has 1 aromatic carbocycles. The number of nitrogens with one attached hydrogen (secondary N) is 1. The molecule has 66 valence electrons. The summed E-state index contributed by atoms with van der Waals surface area (Å²) >= 11 is 0. The molecule has 2 nitrogen and oxygen atoms in total. The number of benzene rings is 1. The van der Waals surface area contributed by atoms with Crippen LogP contribution in [0.3, 0.4) is 0 Å². The monoisotopic (exact) mass is 172 g/mol. The first-order valence-electron chi connectivity index (χ1n) is 4.73. The van der Waals surface area contributed by atoms with Crippen LogP contribution in [0.15, 0.2) is 24.3 Å². The molecule has 0 saturated heterocycles. The molecular formula is C11H12N2. The lowest BCUT2D eigenvalue weighted by Crippen LogP contribution is -2.01. The minimum atomic E-state index is 0.346. The summed E-state index contributed by atoms with van der Waals surface area (Å²) in [6.45, 7) is 2.27. The second-order valence-corrected chi connectivity index (χ2v) is 4.16. The molecule has 1 N–H and O–H groups in total. The standard InChI is InChI=1S/C11H12N2/c1-11(6-7-11)10-12-8-4-2-3-5-9(8)13-10/h2-5H,6-7H2,1H3,(H,12,13). The molecular weight excluding hydrogens is 160 g/mol. The fourth-order valence-electron chi connectivity index (χ4n) is 1.66. The Morgan fingerprint density at radius 2 is 2.08 bits per heavy atom. The van der Waals surface area contributed by atoms with Crippen molar-refractivity contribution in [3.8, 4) is 0 Å². The van der Waals surface area contributed by atoms with Crippen molar-refractivity contribution in [2.24, 2.45) is 0 Å². The van der Waals surface area contributed by atoms with E-state index in [4.69, 9.17) is 0 Å². The third-order valence-electron chi connectivity index (χ3n) is 2.96. The zero-order chi connectivity index (χ0) is 8.89. The smallest absolute Gasteiger partial charge is 0.113 e. The van der Waals surface area contributed by atoms with E-state index >= 15 is 0 Å². The van der Waals surface area contributed by atoms with Gasteiger partial charge in [0.2, 0.25) is 0 Å². The van der Waals surface area contributed by atoms with E-state index in [9.17, 15) is 0 Å². The van der Waals surface area contributed by atoms with Crippen molar-refractivity contribution in [1.29, 1.82) is 0 Å². The molecule has 0 aliphatic heterocycles. The van der Waals surface area contributed by atoms with Crippen LogP contribution in [0.25, 0.3) is 11.0 Å². The van der Waals surface area contributed by atoms with Gasteiger partial charge in [-0.3, -0.25) is 0 Å². The molecule has 1 saturated carbocycles. The number of aromatic nitrogens is 2. The summed E-state index contributed by atoms with van der Waals surface area (Å²) in [4.78, 5) is 7.98. The Balaban J connectivity index is 2.22. The Bertz CT molecular complexity index is 419. The molecule has 1 aliphatic rings. The first-order chi connectivity index (χ1) is 6.28. The largest absolute Gasteiger partial charge is 0.342 e. The van der Waals surface area contributed by atoms with Crippen molar-refractivity contribution >= 4 is 11.0 Å². The molecule has 0 radical (unpaired) electrons. The van der Waals surface area contributed by atoms with Gasteiger partial charge in [0.05, 0.1) is 11.0 Å². The maximum Gasteiger partial charge on any atom is 0.113 e. The van der Waals surface area contributed by atoms with Crippen molar-refractivity contribution in [3.05, 3.63) is 30.1 Å². The van der Waals surface area contributed by atoms with Gasteiger partial charge in [0.1, 0.15) is 5.82 Å². The van der Waals surface area contributed by atoms with Crippen LogP contribution in [0, 0.1) is 0 Å². The molecule has 3 rings (SSSR count). The summed E-state index contributed by atoms with van der Waals surface area (Å²) < 4.78 is 0. The van der Waals surface area contributed by atoms with Crippen LogP contribution in [0.4, 0.5) is 0 Å². The van der Waals surface area contributed by atoms with E-state index in [1.165, 1.54) is 12.8 Å². The maximum absolute atomic E-state index is 4.59. The van der Waals surface area contributed by atoms with Gasteiger partial charge in [-0.1, -0.05) is 19.1 Å². The molecule has 0 spiro atoms. The number of aromatic amines is 1. The zero-order valence-electron chi connectivity index (χ0n) is 7.67. The van der Waals surface area contributed by atoms with Crippen molar-refractivity contribution in [1.82, 2.24) is 9.97 Å². The van der Waals surface area contributed by atoms with Gasteiger partial charge in [-0.2, -0.15) is 0 Å². The fourth-order valence-corrected chi connectivity index (χ4v) is 1.66. The molecule has 2 heteroatoms. The molecule has 0 atom stereocenters. The lowest BCUT2D eigenvalue weighted by atomic mass is 10.1. The molecule has 13 heavy (non-hydrogen) atoms. The highest BCUT2D eigenvalue weighted by Crippen LogP contribution is 2.46. The average molecular weight is 172 g/mol. The van der Waals surface area contributed by atoms with E-state index in [2.05, 4.69) is 29.0 Å². The number of H-pyrrole nitrogens is 1. The van der Waals surface area contributed by atoms with Gasteiger partial charge in [-0.25, -0.2) is 4.98 Å². The van der Waals surface area contributed by atoms with Crippen LogP contribution >= 0.6 is 0 Å². The third kappa shape index (κ3) is 0.981. The second kappa shape index (κ2) is 2.13. The fraction of sp³-hybridized carbons (Fsp3) is 0.364. The lowest BCUT2D eigenvalue weighted by molar-refractivity contribution is 0.728. The number of fused-ring (bicyclic) bond motifs is 1. The Morgan fingerprint density at radius 3 is 2.77 bits per heavy atom. The average Bonchev–Trinajstić information content (AvgIpc) is 2.76. The minimum absolute atomic E-state index is 0.346. The van der Waals surface area contributed by atoms with Crippen molar-refractivity contribution in [2.45, 2.75) is 25.2 Å². The summed E-state index contributed by atoms with van der Waals surface area (Å²) in [6.07, 6.45) is 2.54. The van der Waals surface area contributed by atoms with Crippen LogP contribution in [0.5, 0.6) is 0 Å². The third-order valence-corrected chi connectivity index (χ3v) is 2.96. The quantitative estimate of drug-likeness (QED) is 0.703. The van der Waals surface area contributed by atoms with Crippen LogP contribution in [-0.2, 0) is 5.41 Å². The van der Waals surface area contributed by atoms with Gasteiger partial charge < -0.3 is 4.98 Å². The van der Waals surface area contributed by atoms with Gasteiger partial charge >= 0.3 is 0 Å². The second-order valence-electron chi connectivity index (χ2n) is 4.16. The molecule has 1 aromatic heterocycles. The van der Waals surface area contributed by atoms with Crippen molar-refractivity contribution in [2.75, 3.05) is 0 Å². The van der Waals surface area contributed by atoms with Crippen LogP contribution < -0.4 is 0 Å². The van der Waals surface area contributed by atoms with E-state index in [1.54, 1.807) is 0 Å². The van der Waals surface area contributed by atoms with Gasteiger partial charge in [-0.05, 0) is 25.0 Å². The summed E-state index contributed by atoms with van der Waals surface area (Å²) in [5.41, 5.74) is 2.59.